The third kappa shape index (κ3) is 2.38. The molecule has 26 heavy (non-hydrogen) atoms. The van der Waals surface area contributed by atoms with Crippen LogP contribution in [0, 0.1) is 0 Å². The van der Waals surface area contributed by atoms with Gasteiger partial charge in [0.2, 0.25) is 5.71 Å². The van der Waals surface area contributed by atoms with Crippen LogP contribution >= 0.6 is 0 Å². The number of rotatable bonds is 2. The summed E-state index contributed by atoms with van der Waals surface area (Å²) in [5.74, 6) is -2.01. The number of carbonyl (C=O) groups is 2. The van der Waals surface area contributed by atoms with Gasteiger partial charge >= 0.3 is 5.97 Å². The first-order valence-electron chi connectivity index (χ1n) is 8.46. The molecule has 4 aliphatic rings. The lowest BCUT2D eigenvalue weighted by atomic mass is 9.85. The van der Waals surface area contributed by atoms with Crippen molar-refractivity contribution in [2.24, 2.45) is 4.99 Å². The van der Waals surface area contributed by atoms with E-state index in [0.29, 0.717) is 5.76 Å². The molecular weight excluding hydrogens is 343 g/mol. The fourth-order valence-electron chi connectivity index (χ4n) is 3.78. The van der Waals surface area contributed by atoms with Crippen LogP contribution in [-0.4, -0.2) is 59.1 Å². The lowest BCUT2D eigenvalue weighted by Crippen LogP contribution is -2.55. The number of carboxylic acids is 1. The molecule has 0 bridgehead atoms. The van der Waals surface area contributed by atoms with E-state index in [0.717, 1.165) is 23.3 Å². The Bertz CT molecular complexity index is 816. The summed E-state index contributed by atoms with van der Waals surface area (Å²) in [6, 6.07) is -0.110. The van der Waals surface area contributed by atoms with Gasteiger partial charge in [-0.2, -0.15) is 0 Å². The Kier molecular flexibility index (Phi) is 3.92. The number of hydrogen-bond acceptors (Lipinski definition) is 6. The number of ether oxygens (including phenoxy) is 1. The van der Waals surface area contributed by atoms with Crippen LogP contribution in [0.3, 0.4) is 0 Å². The predicted octanol–water partition coefficient (Wildman–Crippen LogP) is 0.402. The fourth-order valence-corrected chi connectivity index (χ4v) is 3.78. The van der Waals surface area contributed by atoms with Crippen molar-refractivity contribution in [3.8, 4) is 0 Å². The van der Waals surface area contributed by atoms with Crippen molar-refractivity contribution in [1.29, 1.82) is 0 Å². The van der Waals surface area contributed by atoms with E-state index in [-0.39, 0.29) is 23.5 Å². The number of fused-ring (bicyclic) bond motifs is 4. The smallest absolute Gasteiger partial charge is 0.359 e. The number of hydrogen-bond donors (Lipinski definition) is 3. The molecule has 3 heterocycles. The molecule has 1 aliphatic carbocycles. The first-order chi connectivity index (χ1) is 12.4. The van der Waals surface area contributed by atoms with E-state index in [4.69, 9.17) is 4.74 Å². The first-order valence-corrected chi connectivity index (χ1v) is 8.46. The predicted molar refractivity (Wildman–Crippen MR) is 89.6 cm³/mol. The summed E-state index contributed by atoms with van der Waals surface area (Å²) in [6.07, 6.45) is 2.08. The van der Waals surface area contributed by atoms with Crippen molar-refractivity contribution in [3.05, 3.63) is 35.1 Å². The van der Waals surface area contributed by atoms with Crippen LogP contribution < -0.4 is 10.6 Å². The normalized spacial score (nSPS) is 33.3. The molecule has 1 saturated heterocycles. The van der Waals surface area contributed by atoms with Crippen molar-refractivity contribution in [3.63, 3.8) is 0 Å². The summed E-state index contributed by atoms with van der Waals surface area (Å²) in [5.41, 5.74) is 0.538. The average Bonchev–Trinajstić information content (AvgIpc) is 2.62. The molecule has 4 unspecified atom stereocenters. The highest BCUT2D eigenvalue weighted by Crippen LogP contribution is 2.40. The summed E-state index contributed by atoms with van der Waals surface area (Å²) in [5, 5.41) is 15.5. The Hall–Kier alpha value is -2.52. The van der Waals surface area contributed by atoms with E-state index in [1.54, 1.807) is 7.05 Å². The highest BCUT2D eigenvalue weighted by Gasteiger charge is 2.47. The molecule has 0 saturated carbocycles. The van der Waals surface area contributed by atoms with Crippen LogP contribution in [0.25, 0.3) is 0 Å². The van der Waals surface area contributed by atoms with Gasteiger partial charge in [0.25, 0.3) is 5.91 Å². The van der Waals surface area contributed by atoms with Gasteiger partial charge in [-0.25, -0.2) is 14.2 Å². The average molecular weight is 362 g/mol. The summed E-state index contributed by atoms with van der Waals surface area (Å²) >= 11 is 0. The summed E-state index contributed by atoms with van der Waals surface area (Å²) < 4.78 is 20.8. The van der Waals surface area contributed by atoms with Crippen LogP contribution in [0.1, 0.15) is 19.8 Å². The molecule has 1 fully saturated rings. The number of halogens is 1. The van der Waals surface area contributed by atoms with Gasteiger partial charge in [-0.15, -0.1) is 0 Å². The maximum absolute atomic E-state index is 15.0. The molecule has 8 nitrogen and oxygen atoms in total. The molecule has 4 rings (SSSR count). The van der Waals surface area contributed by atoms with E-state index in [1.807, 2.05) is 6.92 Å². The van der Waals surface area contributed by atoms with E-state index in [2.05, 4.69) is 15.6 Å². The lowest BCUT2D eigenvalue weighted by molar-refractivity contribution is -0.132. The molecule has 138 valence electrons. The van der Waals surface area contributed by atoms with Gasteiger partial charge in [0.1, 0.15) is 29.6 Å². The summed E-state index contributed by atoms with van der Waals surface area (Å²) in [6.45, 7) is 2.03. The van der Waals surface area contributed by atoms with Gasteiger partial charge in [0, 0.05) is 6.04 Å². The van der Waals surface area contributed by atoms with Crippen molar-refractivity contribution in [2.75, 3.05) is 7.05 Å². The standard InChI is InChI=1S/C17H19FN4O4/c1-7-3-4-8-5-9(18)13-14(11(8)20-7)26-6-10-15(19-2)21-12(17(24)25)16(23)22(10)13/h5-7,9,11,15,19-20H,3-4H2,1-2H3,(H,24,25). The molecular formula is C17H19FN4O4. The number of nitrogens with zero attached hydrogens (tertiary/aromatic N) is 2. The molecule has 0 spiro atoms. The molecule has 3 N–H and O–H groups in total. The third-order valence-electron chi connectivity index (χ3n) is 5.05. The van der Waals surface area contributed by atoms with Gasteiger partial charge in [-0.05, 0) is 38.5 Å². The van der Waals surface area contributed by atoms with Crippen LogP contribution in [0.2, 0.25) is 0 Å². The monoisotopic (exact) mass is 362 g/mol. The quantitative estimate of drug-likeness (QED) is 0.615. The van der Waals surface area contributed by atoms with Crippen molar-refractivity contribution < 1.29 is 23.8 Å². The molecule has 0 aromatic rings. The highest BCUT2D eigenvalue weighted by molar-refractivity contribution is 6.64. The van der Waals surface area contributed by atoms with Gasteiger partial charge in [-0.1, -0.05) is 0 Å². The van der Waals surface area contributed by atoms with Crippen LogP contribution in [0.5, 0.6) is 0 Å². The number of likely N-dealkylation sites (N-methyl/N-ethyl adjacent to an activating group) is 1. The lowest BCUT2D eigenvalue weighted by Gasteiger charge is -2.43. The number of allylic oxidation sites excluding steroid dienone is 1. The van der Waals surface area contributed by atoms with Crippen LogP contribution in [-0.2, 0) is 14.3 Å². The number of piperidine rings is 1. The van der Waals surface area contributed by atoms with Gasteiger partial charge < -0.3 is 15.2 Å². The minimum absolute atomic E-state index is 0.0248. The van der Waals surface area contributed by atoms with Gasteiger partial charge in [-0.3, -0.25) is 15.0 Å². The Morgan fingerprint density at radius 1 is 1.54 bits per heavy atom. The molecule has 0 aromatic heterocycles. The zero-order chi connectivity index (χ0) is 18.6. The van der Waals surface area contributed by atoms with Crippen molar-refractivity contribution >= 4 is 17.6 Å². The number of alkyl halides is 1. The molecule has 0 aromatic carbocycles. The van der Waals surface area contributed by atoms with E-state index in [1.165, 1.54) is 12.3 Å². The molecule has 9 heteroatoms. The van der Waals surface area contributed by atoms with E-state index < -0.39 is 29.9 Å². The first kappa shape index (κ1) is 16.9. The Labute approximate surface area is 149 Å². The summed E-state index contributed by atoms with van der Waals surface area (Å²) in [4.78, 5) is 29.2. The highest BCUT2D eigenvalue weighted by atomic mass is 19.1. The maximum atomic E-state index is 15.0. The number of nitrogens with one attached hydrogen (secondary N) is 2. The Morgan fingerprint density at radius 3 is 3.00 bits per heavy atom. The fraction of sp³-hybridized carbons (Fsp3) is 0.471. The van der Waals surface area contributed by atoms with Crippen LogP contribution in [0.15, 0.2) is 40.1 Å². The zero-order valence-electron chi connectivity index (χ0n) is 14.3. The largest absolute Gasteiger partial charge is 0.476 e. The minimum Gasteiger partial charge on any atom is -0.476 e. The second-order valence-electron chi connectivity index (χ2n) is 6.71. The number of amides is 1. The Morgan fingerprint density at radius 2 is 2.31 bits per heavy atom. The zero-order valence-corrected chi connectivity index (χ0v) is 14.3. The third-order valence-corrected chi connectivity index (χ3v) is 5.05. The van der Waals surface area contributed by atoms with Gasteiger partial charge in [0.15, 0.2) is 6.17 Å². The second-order valence-corrected chi connectivity index (χ2v) is 6.71. The maximum Gasteiger partial charge on any atom is 0.359 e. The SMILES string of the molecule is CNC1N=C(C(=O)O)C(=O)N2C1=COC1=C2C(F)C=C2CCC(C)NC21. The molecule has 3 aliphatic heterocycles. The van der Waals surface area contributed by atoms with Crippen molar-refractivity contribution in [2.45, 2.75) is 44.2 Å². The number of carboxylic acid groups (broad SMARTS) is 1. The van der Waals surface area contributed by atoms with Gasteiger partial charge in [0.05, 0.1) is 6.04 Å². The van der Waals surface area contributed by atoms with Crippen molar-refractivity contribution in [1.82, 2.24) is 15.5 Å². The molecule has 4 atom stereocenters. The second kappa shape index (κ2) is 6.03. The van der Waals surface area contributed by atoms with E-state index in [9.17, 15) is 14.7 Å². The van der Waals surface area contributed by atoms with E-state index >= 15 is 4.39 Å². The number of aliphatic imine (C=N–C) groups is 1. The topological polar surface area (TPSA) is 103 Å². The molecule has 1 amide bonds. The summed E-state index contributed by atoms with van der Waals surface area (Å²) in [7, 11) is 1.57. The molecule has 0 radical (unpaired) electrons. The minimum atomic E-state index is -1.57. The number of carbonyl (C=O) groups excluding carboxylic acids is 1. The van der Waals surface area contributed by atoms with Crippen LogP contribution in [0.4, 0.5) is 4.39 Å². The number of aliphatic carboxylic acids is 1. The Balaban J connectivity index is 1.81.